The fraction of sp³-hybridized carbons (Fsp3) is 0.955. The van der Waals surface area contributed by atoms with Gasteiger partial charge in [-0.25, -0.2) is 0 Å². The van der Waals surface area contributed by atoms with E-state index in [1.165, 1.54) is 6.92 Å². The fourth-order valence-corrected chi connectivity index (χ4v) is 13.6. The van der Waals surface area contributed by atoms with Crippen molar-refractivity contribution in [3.05, 3.63) is 11.6 Å². The van der Waals surface area contributed by atoms with E-state index in [2.05, 4.69) is 26.8 Å². The second kappa shape index (κ2) is 16.4. The van der Waals surface area contributed by atoms with Gasteiger partial charge in [0.25, 0.3) is 0 Å². The topological polar surface area (TPSA) is 276 Å². The number of ether oxygens (including phenoxy) is 8. The normalized spacial score (nSPS) is 58.9. The zero-order valence-corrected chi connectivity index (χ0v) is 36.3. The molecular weight excluding hydrogens is 816 g/mol. The molecule has 18 nitrogen and oxygen atoms in total. The monoisotopic (exact) mass is 886 g/mol. The number of rotatable bonds is 7. The van der Waals surface area contributed by atoms with Crippen LogP contribution in [0.15, 0.2) is 11.6 Å². The molecule has 62 heavy (non-hydrogen) atoms. The molecule has 10 N–H and O–H groups in total. The van der Waals surface area contributed by atoms with Crippen LogP contribution in [0.5, 0.6) is 0 Å². The van der Waals surface area contributed by atoms with Gasteiger partial charge < -0.3 is 89.0 Å². The molecule has 25 atom stereocenters. The predicted octanol–water partition coefficient (Wildman–Crippen LogP) is -0.917. The van der Waals surface area contributed by atoms with E-state index >= 15 is 0 Å². The van der Waals surface area contributed by atoms with Gasteiger partial charge in [-0.2, -0.15) is 0 Å². The Morgan fingerprint density at radius 3 is 2.16 bits per heavy atom. The zero-order chi connectivity index (χ0) is 44.5. The van der Waals surface area contributed by atoms with Gasteiger partial charge in [-0.1, -0.05) is 39.3 Å². The van der Waals surface area contributed by atoms with Crippen LogP contribution >= 0.6 is 0 Å². The SMILES string of the molecule is C[C@@H]1CC[C@@]2(OC1)O[C@H]1C[C@@]3(O)[C@@H]4CC=C5C[C@@H](O[C@@H]6O[C@H](CO)[C@@H](O)[C@H](O[C@@H]7OC[C@@H](O)[C@H](O)[C@H]7O)[C@H]6O[C@@H]6O[C@@H](C)[C@H](O)[C@@H](O)[C@H]6O)CC[C@]5(C)[C@H]4CC[C@]3(C)[C@@]1(O)[C@@H]2C. The summed E-state index contributed by atoms with van der Waals surface area (Å²) in [6, 6.07) is 0. The molecule has 0 bridgehead atoms. The standard InChI is InChI=1S/C44H70O18/c1-19-8-13-43(56-17-19)21(3)44(54)28(62-43)15-42(53)25-7-6-22-14-23(9-11-40(22,4)24(25)10-12-41(42,44)5)58-39-36(61-38-34(52)32(50)29(47)20(2)57-38)35(31(49)27(16-45)59-39)60-37-33(51)30(48)26(46)18-55-37/h6,19-21,23-39,45-54H,7-18H2,1-5H3/t19-,20+,21-,23+,24+,25-,26-,27-,28+,29+,30+,31-,32-,33-,34-,35+,36-,37+,38+,39-,40+,41+,42-,43-,44-/m1/s1. The molecule has 0 radical (unpaired) electrons. The summed E-state index contributed by atoms with van der Waals surface area (Å²) in [5.74, 6) is -0.768. The van der Waals surface area contributed by atoms with E-state index in [4.69, 9.17) is 37.9 Å². The summed E-state index contributed by atoms with van der Waals surface area (Å²) in [4.78, 5) is 0. The first-order chi connectivity index (χ1) is 29.2. The lowest BCUT2D eigenvalue weighted by Crippen LogP contribution is -2.67. The molecule has 0 amide bonds. The summed E-state index contributed by atoms with van der Waals surface area (Å²) in [5, 5.41) is 111. The highest BCUT2D eigenvalue weighted by atomic mass is 16.8. The maximum Gasteiger partial charge on any atom is 0.187 e. The molecule has 0 aromatic heterocycles. The van der Waals surface area contributed by atoms with E-state index in [1.54, 1.807) is 0 Å². The van der Waals surface area contributed by atoms with Gasteiger partial charge in [-0.05, 0) is 75.0 Å². The predicted molar refractivity (Wildman–Crippen MR) is 211 cm³/mol. The van der Waals surface area contributed by atoms with E-state index in [9.17, 15) is 51.1 Å². The summed E-state index contributed by atoms with van der Waals surface area (Å²) in [6.07, 6.45) is -14.2. The van der Waals surface area contributed by atoms with Crippen molar-refractivity contribution in [1.82, 2.24) is 0 Å². The second-order valence-corrected chi connectivity index (χ2v) is 20.9. The van der Waals surface area contributed by atoms with Gasteiger partial charge in [0.1, 0.15) is 66.6 Å². The molecule has 0 unspecified atom stereocenters. The largest absolute Gasteiger partial charge is 0.394 e. The number of hydrogen-bond acceptors (Lipinski definition) is 18. The average molecular weight is 887 g/mol. The Morgan fingerprint density at radius 2 is 1.45 bits per heavy atom. The van der Waals surface area contributed by atoms with Crippen LogP contribution in [0.3, 0.4) is 0 Å². The minimum absolute atomic E-state index is 0.109. The summed E-state index contributed by atoms with van der Waals surface area (Å²) in [6.45, 7) is 9.48. The van der Waals surface area contributed by atoms with Crippen LogP contribution in [0, 0.1) is 34.5 Å². The Bertz CT molecular complexity index is 1660. The molecule has 8 fully saturated rings. The average Bonchev–Trinajstić information content (AvgIpc) is 3.56. The second-order valence-electron chi connectivity index (χ2n) is 20.9. The van der Waals surface area contributed by atoms with Gasteiger partial charge in [0.15, 0.2) is 24.7 Å². The fourth-order valence-electron chi connectivity index (χ4n) is 13.6. The Hall–Kier alpha value is -0.980. The molecule has 5 aliphatic heterocycles. The molecule has 5 heterocycles. The highest BCUT2D eigenvalue weighted by Gasteiger charge is 2.81. The number of hydrogen-bond donors (Lipinski definition) is 10. The summed E-state index contributed by atoms with van der Waals surface area (Å²) in [7, 11) is 0. The molecule has 9 aliphatic rings. The van der Waals surface area contributed by atoms with Crippen molar-refractivity contribution in [2.75, 3.05) is 19.8 Å². The summed E-state index contributed by atoms with van der Waals surface area (Å²) in [5.41, 5.74) is -2.40. The molecule has 3 saturated carbocycles. The lowest BCUT2D eigenvalue weighted by Gasteiger charge is -2.63. The molecular formula is C44H70O18. The molecule has 18 heteroatoms. The van der Waals surface area contributed by atoms with Crippen molar-refractivity contribution in [3.63, 3.8) is 0 Å². The Morgan fingerprint density at radius 1 is 0.726 bits per heavy atom. The Labute approximate surface area is 362 Å². The third-order valence-electron chi connectivity index (χ3n) is 17.7. The van der Waals surface area contributed by atoms with Crippen molar-refractivity contribution in [3.8, 4) is 0 Å². The van der Waals surface area contributed by atoms with Crippen LogP contribution in [0.25, 0.3) is 0 Å². The highest BCUT2D eigenvalue weighted by molar-refractivity contribution is 5.33. The van der Waals surface area contributed by atoms with Gasteiger partial charge in [-0.15, -0.1) is 0 Å². The quantitative estimate of drug-likeness (QED) is 0.139. The lowest BCUT2D eigenvalue weighted by atomic mass is 9.44. The summed E-state index contributed by atoms with van der Waals surface area (Å²) < 4.78 is 49.6. The van der Waals surface area contributed by atoms with E-state index in [0.717, 1.165) is 18.4 Å². The van der Waals surface area contributed by atoms with Crippen molar-refractivity contribution < 1.29 is 89.0 Å². The van der Waals surface area contributed by atoms with Gasteiger partial charge in [-0.3, -0.25) is 0 Å². The van der Waals surface area contributed by atoms with Crippen LogP contribution in [0.4, 0.5) is 0 Å². The zero-order valence-electron chi connectivity index (χ0n) is 36.3. The number of allylic oxidation sites excluding steroid dienone is 1. The number of aliphatic hydroxyl groups excluding tert-OH is 8. The minimum atomic E-state index is -1.76. The van der Waals surface area contributed by atoms with E-state index in [-0.39, 0.29) is 23.2 Å². The summed E-state index contributed by atoms with van der Waals surface area (Å²) >= 11 is 0. The van der Waals surface area contributed by atoms with E-state index < -0.39 is 134 Å². The first-order valence-electron chi connectivity index (χ1n) is 22.9. The minimum Gasteiger partial charge on any atom is -0.394 e. The number of fused-ring (bicyclic) bond motifs is 7. The third-order valence-corrected chi connectivity index (χ3v) is 17.7. The molecule has 9 rings (SSSR count). The Balaban J connectivity index is 0.954. The molecule has 5 saturated heterocycles. The third kappa shape index (κ3) is 6.79. The van der Waals surface area contributed by atoms with Crippen LogP contribution in [0.2, 0.25) is 0 Å². The smallest absolute Gasteiger partial charge is 0.187 e. The number of aliphatic hydroxyl groups is 10. The molecule has 0 aromatic rings. The first-order valence-corrected chi connectivity index (χ1v) is 22.9. The van der Waals surface area contributed by atoms with Crippen LogP contribution < -0.4 is 0 Å². The van der Waals surface area contributed by atoms with Crippen molar-refractivity contribution in [2.24, 2.45) is 34.5 Å². The maximum absolute atomic E-state index is 13.0. The Kier molecular flexibility index (Phi) is 12.2. The van der Waals surface area contributed by atoms with Crippen LogP contribution in [0.1, 0.15) is 92.4 Å². The van der Waals surface area contributed by atoms with Crippen LogP contribution in [-0.2, 0) is 37.9 Å². The van der Waals surface area contributed by atoms with Gasteiger partial charge in [0.2, 0.25) is 0 Å². The molecule has 0 aromatic carbocycles. The van der Waals surface area contributed by atoms with Crippen molar-refractivity contribution in [1.29, 1.82) is 0 Å². The first kappa shape index (κ1) is 46.1. The van der Waals surface area contributed by atoms with Crippen molar-refractivity contribution in [2.45, 2.75) is 208 Å². The molecule has 4 aliphatic carbocycles. The van der Waals surface area contributed by atoms with Crippen LogP contribution in [-0.4, -0.2) is 186 Å². The molecule has 354 valence electrons. The van der Waals surface area contributed by atoms with Gasteiger partial charge in [0.05, 0.1) is 43.7 Å². The maximum atomic E-state index is 13.0. The van der Waals surface area contributed by atoms with Crippen molar-refractivity contribution >= 4 is 0 Å². The van der Waals surface area contributed by atoms with E-state index in [0.29, 0.717) is 57.5 Å². The highest BCUT2D eigenvalue weighted by Crippen LogP contribution is 2.73. The van der Waals surface area contributed by atoms with Gasteiger partial charge in [0, 0.05) is 24.2 Å². The van der Waals surface area contributed by atoms with Gasteiger partial charge >= 0.3 is 0 Å². The molecule has 1 spiro atoms. The lowest BCUT2D eigenvalue weighted by molar-refractivity contribution is -0.390. The van der Waals surface area contributed by atoms with E-state index in [1.807, 2.05) is 6.92 Å².